The van der Waals surface area contributed by atoms with E-state index in [1.54, 1.807) is 0 Å². The summed E-state index contributed by atoms with van der Waals surface area (Å²) in [6, 6.07) is 10.6. The van der Waals surface area contributed by atoms with Gasteiger partial charge in [-0.3, -0.25) is 0 Å². The van der Waals surface area contributed by atoms with Crippen molar-refractivity contribution in [2.45, 2.75) is 45.3 Å². The summed E-state index contributed by atoms with van der Waals surface area (Å²) in [6.45, 7) is 4.80. The predicted molar refractivity (Wildman–Crippen MR) is 74.5 cm³/mol. The molecular formula is C16H21NO. The molecule has 2 aromatic rings. The van der Waals surface area contributed by atoms with Crippen molar-refractivity contribution < 1.29 is 5.11 Å². The summed E-state index contributed by atoms with van der Waals surface area (Å²) in [7, 11) is 0. The molecule has 0 spiro atoms. The quantitative estimate of drug-likeness (QED) is 0.874. The molecule has 0 unspecified atom stereocenters. The molecule has 1 saturated carbocycles. The van der Waals surface area contributed by atoms with E-state index in [-0.39, 0.29) is 0 Å². The SMILES string of the molecule is CC(C)(O)c1cc2ccccc2n1CC1CCC1. The standard InChI is InChI=1S/C16H21NO/c1-16(2,18)15-10-13-8-3-4-9-14(13)17(15)11-12-6-5-7-12/h3-4,8-10,12,18H,5-7,11H2,1-2H3. The number of hydrogen-bond donors (Lipinski definition) is 1. The minimum atomic E-state index is -0.775. The fraction of sp³-hybridized carbons (Fsp3) is 0.500. The first-order valence-corrected chi connectivity index (χ1v) is 6.87. The minimum Gasteiger partial charge on any atom is -0.384 e. The smallest absolute Gasteiger partial charge is 0.0989 e. The highest BCUT2D eigenvalue weighted by molar-refractivity contribution is 5.81. The van der Waals surface area contributed by atoms with Gasteiger partial charge in [-0.15, -0.1) is 0 Å². The Labute approximate surface area is 108 Å². The second-order valence-electron chi connectivity index (χ2n) is 6.05. The zero-order chi connectivity index (χ0) is 12.8. The number of hydrogen-bond acceptors (Lipinski definition) is 1. The van der Waals surface area contributed by atoms with Crippen LogP contribution in [0.3, 0.4) is 0 Å². The van der Waals surface area contributed by atoms with Crippen molar-refractivity contribution in [3.8, 4) is 0 Å². The molecule has 0 atom stereocenters. The van der Waals surface area contributed by atoms with Crippen LogP contribution in [0.2, 0.25) is 0 Å². The molecule has 0 amide bonds. The van der Waals surface area contributed by atoms with Gasteiger partial charge < -0.3 is 9.67 Å². The first kappa shape index (κ1) is 11.8. The van der Waals surface area contributed by atoms with Crippen molar-refractivity contribution in [2.24, 2.45) is 5.92 Å². The molecular weight excluding hydrogens is 222 g/mol. The normalized spacial score (nSPS) is 17.1. The fourth-order valence-electron chi connectivity index (χ4n) is 2.85. The van der Waals surface area contributed by atoms with E-state index < -0.39 is 5.60 Å². The molecule has 1 N–H and O–H groups in total. The van der Waals surface area contributed by atoms with E-state index in [0.29, 0.717) is 0 Å². The molecule has 2 nitrogen and oxygen atoms in total. The topological polar surface area (TPSA) is 25.2 Å². The Morgan fingerprint density at radius 1 is 1.28 bits per heavy atom. The van der Waals surface area contributed by atoms with E-state index in [1.165, 1.54) is 30.2 Å². The van der Waals surface area contributed by atoms with Gasteiger partial charge in [-0.05, 0) is 50.1 Å². The molecule has 1 fully saturated rings. The van der Waals surface area contributed by atoms with Crippen molar-refractivity contribution in [2.75, 3.05) is 0 Å². The third-order valence-corrected chi connectivity index (χ3v) is 4.10. The Hall–Kier alpha value is -1.28. The minimum absolute atomic E-state index is 0.775. The van der Waals surface area contributed by atoms with E-state index >= 15 is 0 Å². The van der Waals surface area contributed by atoms with Crippen molar-refractivity contribution in [3.63, 3.8) is 0 Å². The van der Waals surface area contributed by atoms with Crippen LogP contribution in [0.1, 0.15) is 38.8 Å². The van der Waals surface area contributed by atoms with Crippen LogP contribution in [-0.4, -0.2) is 9.67 Å². The molecule has 96 valence electrons. The Morgan fingerprint density at radius 3 is 2.61 bits per heavy atom. The molecule has 2 heteroatoms. The van der Waals surface area contributed by atoms with Gasteiger partial charge in [-0.2, -0.15) is 0 Å². The van der Waals surface area contributed by atoms with E-state index in [2.05, 4.69) is 34.9 Å². The Balaban J connectivity index is 2.11. The largest absolute Gasteiger partial charge is 0.384 e. The molecule has 0 saturated heterocycles. The lowest BCUT2D eigenvalue weighted by atomic mass is 9.85. The van der Waals surface area contributed by atoms with Crippen LogP contribution in [-0.2, 0) is 12.1 Å². The highest BCUT2D eigenvalue weighted by atomic mass is 16.3. The summed E-state index contributed by atoms with van der Waals surface area (Å²) in [5.41, 5.74) is 1.51. The first-order valence-electron chi connectivity index (χ1n) is 6.87. The van der Waals surface area contributed by atoms with E-state index in [9.17, 15) is 5.11 Å². The van der Waals surface area contributed by atoms with Crippen LogP contribution in [0.25, 0.3) is 10.9 Å². The van der Waals surface area contributed by atoms with Gasteiger partial charge in [0.25, 0.3) is 0 Å². The Morgan fingerprint density at radius 2 is 2.00 bits per heavy atom. The summed E-state index contributed by atoms with van der Waals surface area (Å²) in [6.07, 6.45) is 4.03. The predicted octanol–water partition coefficient (Wildman–Crippen LogP) is 3.67. The lowest BCUT2D eigenvalue weighted by Crippen LogP contribution is -2.25. The van der Waals surface area contributed by atoms with Crippen LogP contribution >= 0.6 is 0 Å². The lowest BCUT2D eigenvalue weighted by Gasteiger charge is -2.29. The number of aliphatic hydroxyl groups is 1. The number of para-hydroxylation sites is 1. The molecule has 0 aliphatic heterocycles. The average Bonchev–Trinajstić information content (AvgIpc) is 2.62. The molecule has 18 heavy (non-hydrogen) atoms. The summed E-state index contributed by atoms with van der Waals surface area (Å²) in [5, 5.41) is 11.6. The third-order valence-electron chi connectivity index (χ3n) is 4.10. The molecule has 1 aromatic carbocycles. The van der Waals surface area contributed by atoms with Crippen LogP contribution in [0.4, 0.5) is 0 Å². The maximum atomic E-state index is 10.4. The van der Waals surface area contributed by atoms with E-state index in [1.807, 2.05) is 13.8 Å². The summed E-state index contributed by atoms with van der Waals surface area (Å²) in [5.74, 6) is 0.793. The molecule has 0 bridgehead atoms. The maximum Gasteiger partial charge on any atom is 0.0989 e. The van der Waals surface area contributed by atoms with Crippen LogP contribution in [0.15, 0.2) is 30.3 Å². The summed E-state index contributed by atoms with van der Waals surface area (Å²) >= 11 is 0. The molecule has 1 aromatic heterocycles. The third kappa shape index (κ3) is 1.95. The second-order valence-corrected chi connectivity index (χ2v) is 6.05. The highest BCUT2D eigenvalue weighted by Gasteiger charge is 2.25. The van der Waals surface area contributed by atoms with Crippen LogP contribution in [0.5, 0.6) is 0 Å². The van der Waals surface area contributed by atoms with Gasteiger partial charge in [0.15, 0.2) is 0 Å². The summed E-state index contributed by atoms with van der Waals surface area (Å²) in [4.78, 5) is 0. The van der Waals surface area contributed by atoms with Crippen LogP contribution < -0.4 is 0 Å². The monoisotopic (exact) mass is 243 g/mol. The van der Waals surface area contributed by atoms with Crippen molar-refractivity contribution >= 4 is 10.9 Å². The molecule has 3 rings (SSSR count). The molecule has 0 radical (unpaired) electrons. The average molecular weight is 243 g/mol. The van der Waals surface area contributed by atoms with Crippen molar-refractivity contribution in [1.29, 1.82) is 0 Å². The Kier molecular flexibility index (Phi) is 2.70. The second kappa shape index (κ2) is 4.13. The number of benzene rings is 1. The van der Waals surface area contributed by atoms with E-state index in [4.69, 9.17) is 0 Å². The lowest BCUT2D eigenvalue weighted by molar-refractivity contribution is 0.0683. The first-order chi connectivity index (χ1) is 8.55. The highest BCUT2D eigenvalue weighted by Crippen LogP contribution is 2.33. The maximum absolute atomic E-state index is 10.4. The number of rotatable bonds is 3. The Bertz CT molecular complexity index is 558. The van der Waals surface area contributed by atoms with Crippen LogP contribution in [0, 0.1) is 5.92 Å². The molecule has 1 aliphatic rings. The zero-order valence-corrected chi connectivity index (χ0v) is 11.2. The number of nitrogens with zero attached hydrogens (tertiary/aromatic N) is 1. The van der Waals surface area contributed by atoms with Gasteiger partial charge in [0.1, 0.15) is 0 Å². The van der Waals surface area contributed by atoms with Crippen molar-refractivity contribution in [1.82, 2.24) is 4.57 Å². The molecule has 1 heterocycles. The fourth-order valence-corrected chi connectivity index (χ4v) is 2.85. The number of fused-ring (bicyclic) bond motifs is 1. The van der Waals surface area contributed by atoms with Gasteiger partial charge in [-0.1, -0.05) is 24.6 Å². The zero-order valence-electron chi connectivity index (χ0n) is 11.2. The van der Waals surface area contributed by atoms with Gasteiger partial charge in [0, 0.05) is 12.1 Å². The van der Waals surface area contributed by atoms with Crippen molar-refractivity contribution in [3.05, 3.63) is 36.0 Å². The van der Waals surface area contributed by atoms with Gasteiger partial charge in [-0.25, -0.2) is 0 Å². The number of aromatic nitrogens is 1. The van der Waals surface area contributed by atoms with E-state index in [0.717, 1.165) is 18.2 Å². The van der Waals surface area contributed by atoms with Gasteiger partial charge in [0.2, 0.25) is 0 Å². The molecule has 1 aliphatic carbocycles. The van der Waals surface area contributed by atoms with Gasteiger partial charge in [0.05, 0.1) is 11.3 Å². The van der Waals surface area contributed by atoms with Gasteiger partial charge >= 0.3 is 0 Å². The summed E-state index contributed by atoms with van der Waals surface area (Å²) < 4.78 is 2.32.